The van der Waals surface area contributed by atoms with E-state index < -0.39 is 23.2 Å². The van der Waals surface area contributed by atoms with E-state index in [1.165, 1.54) is 64.2 Å². The fourth-order valence-electron chi connectivity index (χ4n) is 4.23. The van der Waals surface area contributed by atoms with Crippen molar-refractivity contribution in [3.8, 4) is 0 Å². The second-order valence-corrected chi connectivity index (χ2v) is 15.8. The predicted octanol–water partition coefficient (Wildman–Crippen LogP) is 3.18. The summed E-state index contributed by atoms with van der Waals surface area (Å²) in [4.78, 5) is 0. The fraction of sp³-hybridized carbons (Fsp3) is 0.733. The number of rotatable bonds is 16. The van der Waals surface area contributed by atoms with Gasteiger partial charge >= 0.3 is 218 Å². The van der Waals surface area contributed by atoms with Crippen LogP contribution in [0.25, 0.3) is 0 Å². The molecule has 0 spiro atoms. The van der Waals surface area contributed by atoms with Crippen LogP contribution in [-0.4, -0.2) is 24.4 Å². The van der Waals surface area contributed by atoms with Crippen LogP contribution < -0.4 is 24.8 Å². The van der Waals surface area contributed by atoms with Gasteiger partial charge < -0.3 is 24.8 Å². The molecule has 2 unspecified atom stereocenters. The van der Waals surface area contributed by atoms with Crippen LogP contribution in [0.4, 0.5) is 0 Å². The van der Waals surface area contributed by atoms with E-state index in [-0.39, 0.29) is 36.0 Å². The maximum absolute atomic E-state index is 5.81. The molecule has 200 valence electrons. The third-order valence-electron chi connectivity index (χ3n) is 6.00. The zero-order chi connectivity index (χ0) is 24.2. The van der Waals surface area contributed by atoms with Gasteiger partial charge in [-0.15, -0.1) is 0 Å². The van der Waals surface area contributed by atoms with Crippen LogP contribution in [0.5, 0.6) is 0 Å². The van der Waals surface area contributed by atoms with E-state index in [0.29, 0.717) is 0 Å². The summed E-state index contributed by atoms with van der Waals surface area (Å²) >= 11 is -0.478. The molecule has 2 nitrogen and oxygen atoms in total. The summed E-state index contributed by atoms with van der Waals surface area (Å²) in [5, 5.41) is 0. The number of unbranched alkanes of at least 4 members (excludes halogenated alkanes) is 6. The van der Waals surface area contributed by atoms with E-state index in [0.717, 1.165) is 20.5 Å². The minimum atomic E-state index is -0.478. The molecule has 2 rings (SSSR count). The van der Waals surface area contributed by atoms with Crippen LogP contribution in [0.1, 0.15) is 106 Å². The first-order valence-corrected chi connectivity index (χ1v) is 16.3. The summed E-state index contributed by atoms with van der Waals surface area (Å²) < 4.78 is 13.2. The molecule has 2 aliphatic rings. The molecule has 0 amide bonds. The molecule has 0 saturated carbocycles. The molecule has 0 fully saturated rings. The Hall–Kier alpha value is 0.343. The molecule has 0 radical (unpaired) electrons. The van der Waals surface area contributed by atoms with Crippen molar-refractivity contribution in [2.45, 2.75) is 124 Å². The molecular weight excluding hydrogens is 554 g/mol. The third-order valence-corrected chi connectivity index (χ3v) is 9.65. The van der Waals surface area contributed by atoms with Gasteiger partial charge in [0, 0.05) is 0 Å². The second kappa shape index (κ2) is 18.6. The van der Waals surface area contributed by atoms with Crippen LogP contribution in [0.3, 0.4) is 0 Å². The average molecular weight is 605 g/mol. The largest absolute Gasteiger partial charge is 1.00 e. The first-order chi connectivity index (χ1) is 15.6. The van der Waals surface area contributed by atoms with Gasteiger partial charge in [0.2, 0.25) is 0 Å². The van der Waals surface area contributed by atoms with E-state index in [2.05, 4.69) is 78.0 Å². The van der Waals surface area contributed by atoms with Crippen molar-refractivity contribution in [2.75, 3.05) is 13.2 Å². The van der Waals surface area contributed by atoms with Crippen molar-refractivity contribution in [1.29, 1.82) is 0 Å². The van der Waals surface area contributed by atoms with Crippen molar-refractivity contribution < 1.29 is 57.5 Å². The van der Waals surface area contributed by atoms with Gasteiger partial charge in [0.05, 0.1) is 0 Å². The Morgan fingerprint density at radius 3 is 1.34 bits per heavy atom. The average Bonchev–Trinajstić information content (AvgIpc) is 3.34. The maximum Gasteiger partial charge on any atom is -1.00 e. The Balaban J connectivity index is 0.00000578. The summed E-state index contributed by atoms with van der Waals surface area (Å²) in [6.45, 7) is 14.6. The third kappa shape index (κ3) is 18.3. The van der Waals surface area contributed by atoms with Gasteiger partial charge in [0.25, 0.3) is 0 Å². The van der Waals surface area contributed by atoms with Crippen molar-refractivity contribution >= 4 is 0 Å². The van der Waals surface area contributed by atoms with Gasteiger partial charge in [-0.2, -0.15) is 0 Å². The predicted molar refractivity (Wildman–Crippen MR) is 140 cm³/mol. The van der Waals surface area contributed by atoms with E-state index >= 15 is 0 Å². The van der Waals surface area contributed by atoms with Gasteiger partial charge in [-0.25, -0.2) is 0 Å². The Morgan fingerprint density at radius 2 is 0.971 bits per heavy atom. The molecule has 0 heterocycles. The monoisotopic (exact) mass is 602 g/mol. The molecular formula is C30H50Cl2O2Zr. The van der Waals surface area contributed by atoms with Crippen LogP contribution in [-0.2, 0) is 32.7 Å². The van der Waals surface area contributed by atoms with Gasteiger partial charge in [-0.3, -0.25) is 0 Å². The molecule has 0 aromatic carbocycles. The van der Waals surface area contributed by atoms with E-state index in [1.807, 2.05) is 0 Å². The minimum Gasteiger partial charge on any atom is -1.00 e. The van der Waals surface area contributed by atoms with Gasteiger partial charge in [0.15, 0.2) is 0 Å². The number of ether oxygens (including phenoxy) is 2. The molecule has 0 saturated heterocycles. The maximum atomic E-state index is 5.81. The Kier molecular flexibility index (Phi) is 18.8. The minimum absolute atomic E-state index is 0. The Morgan fingerprint density at radius 1 is 0.600 bits per heavy atom. The van der Waals surface area contributed by atoms with Crippen molar-refractivity contribution in [1.82, 2.24) is 0 Å². The topological polar surface area (TPSA) is 18.5 Å². The molecule has 0 aromatic heterocycles. The summed E-state index contributed by atoms with van der Waals surface area (Å²) in [5.74, 6) is 0. The van der Waals surface area contributed by atoms with Crippen molar-refractivity contribution in [3.63, 3.8) is 0 Å². The van der Waals surface area contributed by atoms with Gasteiger partial charge in [-0.1, -0.05) is 0 Å². The van der Waals surface area contributed by atoms with Crippen molar-refractivity contribution in [2.24, 2.45) is 0 Å². The molecule has 35 heavy (non-hydrogen) atoms. The second-order valence-electron chi connectivity index (χ2n) is 11.7. The number of hydrogen-bond donors (Lipinski definition) is 0. The summed E-state index contributed by atoms with van der Waals surface area (Å²) in [5.41, 5.74) is 3.19. The molecule has 0 aliphatic heterocycles. The van der Waals surface area contributed by atoms with E-state index in [1.54, 1.807) is 11.1 Å². The van der Waals surface area contributed by atoms with E-state index in [9.17, 15) is 0 Å². The Labute approximate surface area is 241 Å². The molecule has 0 bridgehead atoms. The van der Waals surface area contributed by atoms with Crippen molar-refractivity contribution in [3.05, 3.63) is 47.6 Å². The van der Waals surface area contributed by atoms with Crippen LogP contribution >= 0.6 is 0 Å². The number of halogens is 2. The zero-order valence-electron chi connectivity index (χ0n) is 23.2. The van der Waals surface area contributed by atoms with Crippen LogP contribution in [0.15, 0.2) is 47.6 Å². The van der Waals surface area contributed by atoms with E-state index in [4.69, 9.17) is 9.47 Å². The molecule has 2 aliphatic carbocycles. The molecule has 0 aromatic rings. The van der Waals surface area contributed by atoms with Gasteiger partial charge in [0.1, 0.15) is 0 Å². The first-order valence-electron chi connectivity index (χ1n) is 13.4. The normalized spacial score (nSPS) is 19.1. The van der Waals surface area contributed by atoms with Gasteiger partial charge in [-0.05, 0) is 0 Å². The first kappa shape index (κ1) is 35.3. The number of hydrogen-bond acceptors (Lipinski definition) is 2. The standard InChI is InChI=1S/2C15H25O.2ClH.Zr/c2*1-15(2,3)16-13-9-5-4-6-10-14-11-7-8-12-14;;;/h2*7-8,11-12H,4-6,9-10,13H2,1-3H3;2*1H;/q;;;;+2/p-2. The summed E-state index contributed by atoms with van der Waals surface area (Å²) in [6.07, 6.45) is 27.8. The van der Waals surface area contributed by atoms with Crippen LogP contribution in [0, 0.1) is 0 Å². The quantitative estimate of drug-likeness (QED) is 0.252. The zero-order valence-corrected chi connectivity index (χ0v) is 27.1. The summed E-state index contributed by atoms with van der Waals surface area (Å²) in [6, 6.07) is 0. The fourth-order valence-corrected chi connectivity index (χ4v) is 7.86. The summed E-state index contributed by atoms with van der Waals surface area (Å²) in [7, 11) is 0. The van der Waals surface area contributed by atoms with Crippen LogP contribution in [0.2, 0.25) is 7.25 Å². The molecule has 5 heteroatoms. The number of allylic oxidation sites excluding steroid dienone is 8. The smallest absolute Gasteiger partial charge is 1.00 e. The SMILES string of the molecule is CC(C)(C)OCCCCCCC1=C[CH]([Zr+2][CH]2C=CC(CCCCCCOC(C)(C)C)=C2)C=C1.[Cl-].[Cl-]. The Bertz CT molecular complexity index is 625. The molecule has 0 N–H and O–H groups in total. The molecule has 2 atom stereocenters.